The van der Waals surface area contributed by atoms with Crippen molar-refractivity contribution < 1.29 is 23.0 Å². The number of fused-ring (bicyclic) bond motifs is 2. The summed E-state index contributed by atoms with van der Waals surface area (Å²) in [6, 6.07) is 2.25. The van der Waals surface area contributed by atoms with Gasteiger partial charge in [-0.1, -0.05) is 0 Å². The van der Waals surface area contributed by atoms with Crippen LogP contribution in [0.25, 0.3) is 10.2 Å². The Balaban J connectivity index is 1.27. The number of methoxy groups -OCH3 is 1. The molecule has 1 fully saturated rings. The van der Waals surface area contributed by atoms with Crippen LogP contribution in [-0.2, 0) is 22.3 Å². The summed E-state index contributed by atoms with van der Waals surface area (Å²) < 4.78 is 40.0. The van der Waals surface area contributed by atoms with E-state index in [9.17, 15) is 9.18 Å². The average molecular weight is 533 g/mol. The van der Waals surface area contributed by atoms with E-state index in [0.29, 0.717) is 72.9 Å². The minimum atomic E-state index is -0.472. The number of anilines is 2. The van der Waals surface area contributed by atoms with Crippen molar-refractivity contribution in [1.82, 2.24) is 15.3 Å². The molecule has 1 aliphatic heterocycles. The van der Waals surface area contributed by atoms with Crippen LogP contribution in [0.4, 0.5) is 20.3 Å². The smallest absolute Gasteiger partial charge is 0.263 e. The number of carbonyl (C=O) groups is 1. The molecule has 9 nitrogen and oxygen atoms in total. The van der Waals surface area contributed by atoms with Crippen molar-refractivity contribution in [2.45, 2.75) is 44.4 Å². The van der Waals surface area contributed by atoms with Crippen LogP contribution in [0.2, 0.25) is 0 Å². The molecule has 3 atom stereocenters. The number of amides is 1. The SMILES string of the molecule is COCCOC1CN(c2cc(F)c3c(n2)CCC(NC(=O)c2sc4nc(C)c(F)cc4c2N)C3)CC1N. The molecule has 1 saturated heterocycles. The third-order valence-corrected chi connectivity index (χ3v) is 8.08. The topological polar surface area (TPSA) is 129 Å². The Morgan fingerprint density at radius 2 is 2.05 bits per heavy atom. The van der Waals surface area contributed by atoms with Crippen molar-refractivity contribution in [3.63, 3.8) is 0 Å². The lowest BCUT2D eigenvalue weighted by atomic mass is 9.91. The zero-order chi connectivity index (χ0) is 26.3. The van der Waals surface area contributed by atoms with Crippen molar-refractivity contribution in [2.75, 3.05) is 44.0 Å². The van der Waals surface area contributed by atoms with E-state index in [2.05, 4.69) is 10.3 Å². The van der Waals surface area contributed by atoms with E-state index < -0.39 is 5.82 Å². The van der Waals surface area contributed by atoms with E-state index in [4.69, 9.17) is 25.9 Å². The van der Waals surface area contributed by atoms with E-state index >= 15 is 4.39 Å². The minimum Gasteiger partial charge on any atom is -0.397 e. The fourth-order valence-corrected chi connectivity index (χ4v) is 5.94. The second kappa shape index (κ2) is 10.4. The highest BCUT2D eigenvalue weighted by Crippen LogP contribution is 2.34. The summed E-state index contributed by atoms with van der Waals surface area (Å²) in [6.07, 6.45) is 1.27. The summed E-state index contributed by atoms with van der Waals surface area (Å²) in [6.45, 7) is 3.55. The molecule has 3 aromatic heterocycles. The molecule has 1 amide bonds. The quantitative estimate of drug-likeness (QED) is 0.396. The largest absolute Gasteiger partial charge is 0.397 e. The third kappa shape index (κ3) is 5.11. The van der Waals surface area contributed by atoms with Crippen LogP contribution in [0.1, 0.15) is 33.0 Å². The molecule has 198 valence electrons. The standard InChI is InChI=1S/C25H30F2N6O3S/c1-12-16(26)8-15-22(29)23(37-25(15)30-12)24(34)31-13-3-4-19-14(7-13)17(27)9-21(32-19)33-10-18(28)20(11-33)36-6-5-35-2/h8-9,13,18,20H,3-7,10-11,28-29H2,1-2H3,(H,31,34). The molecule has 0 bridgehead atoms. The van der Waals surface area contributed by atoms with Gasteiger partial charge in [-0.05, 0) is 32.3 Å². The fourth-order valence-electron chi connectivity index (χ4n) is 4.91. The Kier molecular flexibility index (Phi) is 7.26. The summed E-state index contributed by atoms with van der Waals surface area (Å²) >= 11 is 1.12. The molecule has 37 heavy (non-hydrogen) atoms. The number of rotatable bonds is 7. The van der Waals surface area contributed by atoms with Crippen LogP contribution < -0.4 is 21.7 Å². The first-order valence-electron chi connectivity index (χ1n) is 12.2. The minimum absolute atomic E-state index is 0.174. The van der Waals surface area contributed by atoms with Crippen molar-refractivity contribution in [3.8, 4) is 0 Å². The molecule has 0 radical (unpaired) electrons. The first kappa shape index (κ1) is 25.7. The van der Waals surface area contributed by atoms with Crippen LogP contribution in [0.3, 0.4) is 0 Å². The second-order valence-corrected chi connectivity index (χ2v) is 10.5. The molecule has 1 aliphatic carbocycles. The molecule has 0 saturated carbocycles. The summed E-state index contributed by atoms with van der Waals surface area (Å²) in [5.74, 6) is -0.657. The summed E-state index contributed by atoms with van der Waals surface area (Å²) in [4.78, 5) is 24.7. The monoisotopic (exact) mass is 532 g/mol. The van der Waals surface area contributed by atoms with Crippen molar-refractivity contribution in [2.24, 2.45) is 5.73 Å². The maximum atomic E-state index is 15.2. The fraction of sp³-hybridized carbons (Fsp3) is 0.480. The van der Waals surface area contributed by atoms with Crippen LogP contribution >= 0.6 is 11.3 Å². The molecule has 3 aromatic rings. The lowest BCUT2D eigenvalue weighted by molar-refractivity contribution is 0.0212. The number of hydrogen-bond donors (Lipinski definition) is 3. The predicted octanol–water partition coefficient (Wildman–Crippen LogP) is 2.33. The van der Waals surface area contributed by atoms with Gasteiger partial charge >= 0.3 is 0 Å². The van der Waals surface area contributed by atoms with E-state index in [-0.39, 0.29) is 46.2 Å². The van der Waals surface area contributed by atoms with E-state index in [1.807, 2.05) is 4.90 Å². The molecule has 5 N–H and O–H groups in total. The number of hydrogen-bond acceptors (Lipinski definition) is 9. The number of nitrogens with one attached hydrogen (secondary N) is 1. The number of aryl methyl sites for hydroxylation is 2. The maximum absolute atomic E-state index is 15.2. The molecule has 12 heteroatoms. The van der Waals surface area contributed by atoms with E-state index in [0.717, 1.165) is 11.3 Å². The number of thiophene rings is 1. The highest BCUT2D eigenvalue weighted by molar-refractivity contribution is 7.21. The Bertz CT molecular complexity index is 1340. The summed E-state index contributed by atoms with van der Waals surface area (Å²) in [5, 5.41) is 3.38. The van der Waals surface area contributed by atoms with Gasteiger partial charge < -0.3 is 31.2 Å². The van der Waals surface area contributed by atoms with Crippen molar-refractivity contribution >= 4 is 39.0 Å². The second-order valence-electron chi connectivity index (χ2n) is 9.52. The number of aromatic nitrogens is 2. The number of halogens is 2. The molecule has 3 unspecified atom stereocenters. The number of ether oxygens (including phenoxy) is 2. The Labute approximate surface area is 217 Å². The van der Waals surface area contributed by atoms with Crippen LogP contribution in [0.15, 0.2) is 12.1 Å². The van der Waals surface area contributed by atoms with Crippen LogP contribution in [-0.4, -0.2) is 67.5 Å². The lowest BCUT2D eigenvalue weighted by Crippen LogP contribution is -2.39. The number of pyridine rings is 2. The van der Waals surface area contributed by atoms with Gasteiger partial charge in [0.05, 0.1) is 36.7 Å². The van der Waals surface area contributed by atoms with E-state index in [1.54, 1.807) is 14.0 Å². The van der Waals surface area contributed by atoms with E-state index in [1.165, 1.54) is 12.1 Å². The van der Waals surface area contributed by atoms with Gasteiger partial charge in [0.15, 0.2) is 0 Å². The summed E-state index contributed by atoms with van der Waals surface area (Å²) in [7, 11) is 1.61. The molecular formula is C25H30F2N6O3S. The summed E-state index contributed by atoms with van der Waals surface area (Å²) in [5.41, 5.74) is 14.0. The van der Waals surface area contributed by atoms with Gasteiger partial charge in [-0.3, -0.25) is 4.79 Å². The maximum Gasteiger partial charge on any atom is 0.263 e. The van der Waals surface area contributed by atoms with Gasteiger partial charge in [-0.25, -0.2) is 18.7 Å². The molecule has 5 rings (SSSR count). The van der Waals surface area contributed by atoms with Crippen LogP contribution in [0.5, 0.6) is 0 Å². The number of carbonyl (C=O) groups excluding carboxylic acids is 1. The lowest BCUT2D eigenvalue weighted by Gasteiger charge is -2.27. The highest BCUT2D eigenvalue weighted by atomic mass is 32.1. The van der Waals surface area contributed by atoms with Crippen LogP contribution in [0, 0.1) is 18.6 Å². The Hall–Kier alpha value is -2.93. The molecule has 2 aliphatic rings. The zero-order valence-corrected chi connectivity index (χ0v) is 21.5. The number of nitrogen functional groups attached to an aromatic ring is 1. The van der Waals surface area contributed by atoms with Gasteiger partial charge in [0.2, 0.25) is 0 Å². The van der Waals surface area contributed by atoms with Gasteiger partial charge in [-0.15, -0.1) is 11.3 Å². The number of nitrogens with two attached hydrogens (primary N) is 2. The van der Waals surface area contributed by atoms with Crippen molar-refractivity contribution in [1.29, 1.82) is 0 Å². The van der Waals surface area contributed by atoms with Gasteiger partial charge in [0.25, 0.3) is 5.91 Å². The predicted molar refractivity (Wildman–Crippen MR) is 138 cm³/mol. The first-order valence-corrected chi connectivity index (χ1v) is 13.0. The van der Waals surface area contributed by atoms with Gasteiger partial charge in [0, 0.05) is 49.0 Å². The molecule has 0 aromatic carbocycles. The van der Waals surface area contributed by atoms with Crippen molar-refractivity contribution in [3.05, 3.63) is 45.6 Å². The van der Waals surface area contributed by atoms with Gasteiger partial charge in [-0.2, -0.15) is 0 Å². The highest BCUT2D eigenvalue weighted by Gasteiger charge is 2.33. The van der Waals surface area contributed by atoms with Gasteiger partial charge in [0.1, 0.15) is 27.2 Å². The average Bonchev–Trinajstić information content (AvgIpc) is 3.39. The first-order chi connectivity index (χ1) is 17.7. The Morgan fingerprint density at radius 3 is 2.84 bits per heavy atom. The zero-order valence-electron chi connectivity index (χ0n) is 20.7. The number of nitrogens with zero attached hydrogens (tertiary/aromatic N) is 3. The molecule has 4 heterocycles. The third-order valence-electron chi connectivity index (χ3n) is 6.97. The Morgan fingerprint density at radius 1 is 1.24 bits per heavy atom. The normalized spacial score (nSPS) is 21.4. The molecule has 0 spiro atoms. The molecular weight excluding hydrogens is 502 g/mol.